The maximum Gasteiger partial charge on any atom is 0.319 e. The zero-order valence-corrected chi connectivity index (χ0v) is 10.3. The minimum Gasteiger partial charge on any atom is -0.465 e. The fraction of sp³-hybridized carbons (Fsp3) is 0.364. The van der Waals surface area contributed by atoms with E-state index >= 15 is 0 Å². The van der Waals surface area contributed by atoms with Crippen LogP contribution < -0.4 is 0 Å². The Morgan fingerprint density at radius 1 is 1.60 bits per heavy atom. The maximum absolute atomic E-state index is 11.4. The van der Waals surface area contributed by atoms with Crippen LogP contribution in [0.3, 0.4) is 0 Å². The van der Waals surface area contributed by atoms with Crippen molar-refractivity contribution in [2.45, 2.75) is 24.0 Å². The molecule has 1 aromatic rings. The summed E-state index contributed by atoms with van der Waals surface area (Å²) in [7, 11) is 0. The molecule has 4 heteroatoms. The summed E-state index contributed by atoms with van der Waals surface area (Å²) in [6.07, 6.45) is 0. The molecule has 0 aliphatic rings. The zero-order valence-electron chi connectivity index (χ0n) is 8.70. The van der Waals surface area contributed by atoms with Crippen molar-refractivity contribution >= 4 is 29.3 Å². The standard InChI is InChI=1S/C11H13ClO2S/c1-3-14-11(13)8(2)15-10-6-4-5-9(12)7-10/h4-8H,3H2,1-2H3. The van der Waals surface area contributed by atoms with Gasteiger partial charge in [0.2, 0.25) is 0 Å². The van der Waals surface area contributed by atoms with Crippen LogP contribution in [-0.2, 0) is 9.53 Å². The van der Waals surface area contributed by atoms with Crippen LogP contribution in [0.25, 0.3) is 0 Å². The molecule has 0 radical (unpaired) electrons. The lowest BCUT2D eigenvalue weighted by Crippen LogP contribution is -2.16. The van der Waals surface area contributed by atoms with E-state index in [2.05, 4.69) is 0 Å². The van der Waals surface area contributed by atoms with Gasteiger partial charge in [-0.3, -0.25) is 4.79 Å². The molecule has 82 valence electrons. The zero-order chi connectivity index (χ0) is 11.3. The van der Waals surface area contributed by atoms with Gasteiger partial charge in [0.15, 0.2) is 0 Å². The number of carbonyl (C=O) groups excluding carboxylic acids is 1. The maximum atomic E-state index is 11.4. The number of hydrogen-bond donors (Lipinski definition) is 0. The van der Waals surface area contributed by atoms with Gasteiger partial charge >= 0.3 is 5.97 Å². The van der Waals surface area contributed by atoms with E-state index in [4.69, 9.17) is 16.3 Å². The van der Waals surface area contributed by atoms with E-state index in [-0.39, 0.29) is 11.2 Å². The Morgan fingerprint density at radius 2 is 2.33 bits per heavy atom. The molecule has 2 nitrogen and oxygen atoms in total. The molecule has 0 aliphatic heterocycles. The lowest BCUT2D eigenvalue weighted by atomic mass is 10.4. The first-order valence-corrected chi connectivity index (χ1v) is 5.98. The van der Waals surface area contributed by atoms with Gasteiger partial charge in [0.25, 0.3) is 0 Å². The Kier molecular flexibility index (Phi) is 4.99. The number of rotatable bonds is 4. The number of halogens is 1. The average Bonchev–Trinajstić information content (AvgIpc) is 2.18. The van der Waals surface area contributed by atoms with E-state index in [1.165, 1.54) is 11.8 Å². The molecular weight excluding hydrogens is 232 g/mol. The third kappa shape index (κ3) is 4.14. The molecule has 0 aliphatic carbocycles. The first-order valence-electron chi connectivity index (χ1n) is 4.72. The molecule has 15 heavy (non-hydrogen) atoms. The van der Waals surface area contributed by atoms with E-state index in [1.807, 2.05) is 25.1 Å². The van der Waals surface area contributed by atoms with Crippen LogP contribution in [-0.4, -0.2) is 17.8 Å². The first-order chi connectivity index (χ1) is 7.13. The Balaban J connectivity index is 2.58. The SMILES string of the molecule is CCOC(=O)C(C)Sc1cccc(Cl)c1. The van der Waals surface area contributed by atoms with Gasteiger partial charge < -0.3 is 4.74 Å². The second-order valence-corrected chi connectivity index (χ2v) is 4.82. The van der Waals surface area contributed by atoms with Crippen molar-refractivity contribution in [2.75, 3.05) is 6.61 Å². The summed E-state index contributed by atoms with van der Waals surface area (Å²) in [5, 5.41) is 0.472. The molecule has 0 amide bonds. The summed E-state index contributed by atoms with van der Waals surface area (Å²) in [5.41, 5.74) is 0. The van der Waals surface area contributed by atoms with E-state index in [0.717, 1.165) is 4.90 Å². The highest BCUT2D eigenvalue weighted by molar-refractivity contribution is 8.00. The summed E-state index contributed by atoms with van der Waals surface area (Å²) >= 11 is 7.29. The Hall–Kier alpha value is -0.670. The topological polar surface area (TPSA) is 26.3 Å². The van der Waals surface area contributed by atoms with Crippen molar-refractivity contribution in [2.24, 2.45) is 0 Å². The molecule has 0 bridgehead atoms. The first kappa shape index (κ1) is 12.4. The predicted molar refractivity (Wildman–Crippen MR) is 63.4 cm³/mol. The molecule has 1 unspecified atom stereocenters. The quantitative estimate of drug-likeness (QED) is 0.600. The van der Waals surface area contributed by atoms with Crippen LogP contribution in [0.15, 0.2) is 29.2 Å². The highest BCUT2D eigenvalue weighted by atomic mass is 35.5. The smallest absolute Gasteiger partial charge is 0.319 e. The second-order valence-electron chi connectivity index (χ2n) is 2.97. The van der Waals surface area contributed by atoms with Gasteiger partial charge in [-0.2, -0.15) is 0 Å². The highest BCUT2D eigenvalue weighted by Crippen LogP contribution is 2.26. The Morgan fingerprint density at radius 3 is 2.93 bits per heavy atom. The lowest BCUT2D eigenvalue weighted by molar-refractivity contribution is -0.142. The molecule has 0 aromatic heterocycles. The average molecular weight is 245 g/mol. The second kappa shape index (κ2) is 6.03. The van der Waals surface area contributed by atoms with Crippen LogP contribution >= 0.6 is 23.4 Å². The number of carbonyl (C=O) groups is 1. The Labute approximate surface area is 99.0 Å². The van der Waals surface area contributed by atoms with E-state index in [1.54, 1.807) is 13.0 Å². The number of esters is 1. The predicted octanol–water partition coefficient (Wildman–Crippen LogP) is 3.38. The highest BCUT2D eigenvalue weighted by Gasteiger charge is 2.15. The van der Waals surface area contributed by atoms with E-state index < -0.39 is 0 Å². The van der Waals surface area contributed by atoms with E-state index in [0.29, 0.717) is 11.6 Å². The van der Waals surface area contributed by atoms with Crippen LogP contribution in [0.2, 0.25) is 5.02 Å². The normalized spacial score (nSPS) is 12.2. The number of hydrogen-bond acceptors (Lipinski definition) is 3. The summed E-state index contributed by atoms with van der Waals surface area (Å²) in [6, 6.07) is 7.43. The minimum atomic E-state index is -0.205. The molecule has 1 rings (SSSR count). The van der Waals surface area contributed by atoms with Crippen molar-refractivity contribution in [3.63, 3.8) is 0 Å². The fourth-order valence-electron chi connectivity index (χ4n) is 1.05. The molecular formula is C11H13ClO2S. The third-order valence-electron chi connectivity index (χ3n) is 1.73. The molecule has 0 saturated carbocycles. The van der Waals surface area contributed by atoms with E-state index in [9.17, 15) is 4.79 Å². The summed E-state index contributed by atoms with van der Waals surface area (Å²) in [5.74, 6) is -0.192. The van der Waals surface area contributed by atoms with Crippen molar-refractivity contribution in [3.8, 4) is 0 Å². The molecule has 0 saturated heterocycles. The number of benzene rings is 1. The summed E-state index contributed by atoms with van der Waals surface area (Å²) in [6.45, 7) is 4.04. The largest absolute Gasteiger partial charge is 0.465 e. The van der Waals surface area contributed by atoms with Gasteiger partial charge in [-0.25, -0.2) is 0 Å². The molecule has 1 aromatic carbocycles. The molecule has 0 heterocycles. The van der Waals surface area contributed by atoms with Crippen molar-refractivity contribution in [1.82, 2.24) is 0 Å². The van der Waals surface area contributed by atoms with Crippen LogP contribution in [0.4, 0.5) is 0 Å². The van der Waals surface area contributed by atoms with Crippen molar-refractivity contribution < 1.29 is 9.53 Å². The lowest BCUT2D eigenvalue weighted by Gasteiger charge is -2.09. The van der Waals surface area contributed by atoms with Crippen LogP contribution in [0.1, 0.15) is 13.8 Å². The minimum absolute atomic E-state index is 0.192. The van der Waals surface area contributed by atoms with Crippen molar-refractivity contribution in [3.05, 3.63) is 29.3 Å². The van der Waals surface area contributed by atoms with Gasteiger partial charge in [-0.05, 0) is 32.0 Å². The fourth-order valence-corrected chi connectivity index (χ4v) is 2.23. The van der Waals surface area contributed by atoms with Gasteiger partial charge in [0.1, 0.15) is 5.25 Å². The van der Waals surface area contributed by atoms with Gasteiger partial charge in [0, 0.05) is 9.92 Å². The van der Waals surface area contributed by atoms with Crippen LogP contribution in [0, 0.1) is 0 Å². The van der Waals surface area contributed by atoms with Gasteiger partial charge in [0.05, 0.1) is 6.61 Å². The number of thioether (sulfide) groups is 1. The molecule has 0 spiro atoms. The van der Waals surface area contributed by atoms with Crippen molar-refractivity contribution in [1.29, 1.82) is 0 Å². The summed E-state index contributed by atoms with van der Waals surface area (Å²) in [4.78, 5) is 12.3. The third-order valence-corrected chi connectivity index (χ3v) is 3.03. The molecule has 0 N–H and O–H groups in total. The van der Waals surface area contributed by atoms with Crippen LogP contribution in [0.5, 0.6) is 0 Å². The summed E-state index contributed by atoms with van der Waals surface area (Å²) < 4.78 is 4.91. The monoisotopic (exact) mass is 244 g/mol. The Bertz CT molecular complexity index is 341. The number of ether oxygens (including phenoxy) is 1. The van der Waals surface area contributed by atoms with Gasteiger partial charge in [-0.1, -0.05) is 17.7 Å². The van der Waals surface area contributed by atoms with Gasteiger partial charge in [-0.15, -0.1) is 11.8 Å². The molecule has 1 atom stereocenters. The molecule has 0 fully saturated rings.